The summed E-state index contributed by atoms with van der Waals surface area (Å²) in [5.74, 6) is 1.50. The summed E-state index contributed by atoms with van der Waals surface area (Å²) < 4.78 is 11.9. The number of anilines is 2. The number of hydrogen-bond donors (Lipinski definition) is 0. The van der Waals surface area contributed by atoms with Crippen molar-refractivity contribution in [3.05, 3.63) is 40.9 Å². The van der Waals surface area contributed by atoms with Crippen LogP contribution >= 0.6 is 27.7 Å². The van der Waals surface area contributed by atoms with Crippen LogP contribution in [0.25, 0.3) is 0 Å². The summed E-state index contributed by atoms with van der Waals surface area (Å²) in [5, 5.41) is 0. The third-order valence-corrected chi connectivity index (χ3v) is 5.89. The molecule has 1 heterocycles. The smallest absolute Gasteiger partial charge is 0.162 e. The molecule has 2 aromatic carbocycles. The minimum Gasteiger partial charge on any atom is -0.493 e. The number of piperazine rings is 1. The molecular weight excluding hydrogens is 400 g/mol. The lowest BCUT2D eigenvalue weighted by atomic mass is 10.2. The largest absolute Gasteiger partial charge is 0.493 e. The van der Waals surface area contributed by atoms with E-state index in [4.69, 9.17) is 9.47 Å². The molecule has 0 saturated carbocycles. The van der Waals surface area contributed by atoms with Crippen molar-refractivity contribution in [3.63, 3.8) is 0 Å². The zero-order valence-electron chi connectivity index (χ0n) is 14.8. The van der Waals surface area contributed by atoms with Gasteiger partial charge in [-0.2, -0.15) is 0 Å². The molecule has 6 heteroatoms. The number of nitrogens with zero attached hydrogens (tertiary/aromatic N) is 2. The zero-order valence-corrected chi connectivity index (χ0v) is 17.2. The fourth-order valence-corrected chi connectivity index (χ4v) is 4.07. The molecule has 4 nitrogen and oxygen atoms in total. The van der Waals surface area contributed by atoms with Crippen molar-refractivity contribution in [2.45, 2.75) is 4.90 Å². The Bertz CT molecular complexity index is 716. The Kier molecular flexibility index (Phi) is 6.02. The molecule has 0 spiro atoms. The monoisotopic (exact) mass is 422 g/mol. The summed E-state index contributed by atoms with van der Waals surface area (Å²) in [7, 11) is 3.33. The van der Waals surface area contributed by atoms with Gasteiger partial charge in [0.2, 0.25) is 0 Å². The van der Waals surface area contributed by atoms with Crippen LogP contribution in [0.5, 0.6) is 11.5 Å². The van der Waals surface area contributed by atoms with Gasteiger partial charge in [0.05, 0.1) is 19.9 Å². The molecule has 0 atom stereocenters. The van der Waals surface area contributed by atoms with Gasteiger partial charge in [0.25, 0.3) is 0 Å². The molecule has 3 rings (SSSR count). The predicted molar refractivity (Wildman–Crippen MR) is 110 cm³/mol. The minimum atomic E-state index is 0.741. The summed E-state index contributed by atoms with van der Waals surface area (Å²) in [4.78, 5) is 6.13. The maximum Gasteiger partial charge on any atom is 0.162 e. The Morgan fingerprint density at radius 3 is 2.00 bits per heavy atom. The first-order valence-electron chi connectivity index (χ1n) is 8.21. The lowest BCUT2D eigenvalue weighted by Crippen LogP contribution is -2.46. The Balaban J connectivity index is 1.71. The van der Waals surface area contributed by atoms with Crippen molar-refractivity contribution in [1.29, 1.82) is 0 Å². The highest BCUT2D eigenvalue weighted by Crippen LogP contribution is 2.38. The minimum absolute atomic E-state index is 0.741. The van der Waals surface area contributed by atoms with Crippen LogP contribution < -0.4 is 19.3 Å². The van der Waals surface area contributed by atoms with Gasteiger partial charge < -0.3 is 19.3 Å². The first-order valence-corrected chi connectivity index (χ1v) is 10.2. The van der Waals surface area contributed by atoms with Gasteiger partial charge in [-0.05, 0) is 46.5 Å². The molecule has 134 valence electrons. The standard InChI is InChI=1S/C19H23BrN2O2S/c1-23-18-12-16(20)17(13-19(18)24-2)22-10-8-21(9-11-22)14-4-6-15(25-3)7-5-14/h4-7,12-13H,8-11H2,1-3H3. The van der Waals surface area contributed by atoms with Crippen LogP contribution in [0.4, 0.5) is 11.4 Å². The first kappa shape index (κ1) is 18.3. The second-order valence-electron chi connectivity index (χ2n) is 5.83. The average molecular weight is 423 g/mol. The summed E-state index contributed by atoms with van der Waals surface area (Å²) >= 11 is 5.45. The Hall–Kier alpha value is -1.53. The molecular formula is C19H23BrN2O2S. The maximum absolute atomic E-state index is 5.45. The fraction of sp³-hybridized carbons (Fsp3) is 0.368. The molecule has 0 aliphatic carbocycles. The van der Waals surface area contributed by atoms with E-state index >= 15 is 0 Å². The normalized spacial score (nSPS) is 14.6. The number of ether oxygens (including phenoxy) is 2. The van der Waals surface area contributed by atoms with Gasteiger partial charge in [-0.1, -0.05) is 0 Å². The molecule has 0 radical (unpaired) electrons. The average Bonchev–Trinajstić information content (AvgIpc) is 2.68. The lowest BCUT2D eigenvalue weighted by molar-refractivity contribution is 0.354. The fourth-order valence-electron chi connectivity index (χ4n) is 3.08. The lowest BCUT2D eigenvalue weighted by Gasteiger charge is -2.38. The van der Waals surface area contributed by atoms with Crippen molar-refractivity contribution in [1.82, 2.24) is 0 Å². The zero-order chi connectivity index (χ0) is 17.8. The first-order chi connectivity index (χ1) is 12.2. The predicted octanol–water partition coefficient (Wildman–Crippen LogP) is 4.51. The van der Waals surface area contributed by atoms with Crippen LogP contribution in [0.1, 0.15) is 0 Å². The Morgan fingerprint density at radius 2 is 1.44 bits per heavy atom. The highest BCUT2D eigenvalue weighted by atomic mass is 79.9. The van der Waals surface area contributed by atoms with E-state index in [0.29, 0.717) is 0 Å². The van der Waals surface area contributed by atoms with Gasteiger partial charge >= 0.3 is 0 Å². The van der Waals surface area contributed by atoms with Crippen molar-refractivity contribution in [2.24, 2.45) is 0 Å². The summed E-state index contributed by atoms with van der Waals surface area (Å²) in [6, 6.07) is 12.8. The van der Waals surface area contributed by atoms with Crippen molar-refractivity contribution in [2.75, 3.05) is 56.5 Å². The Morgan fingerprint density at radius 1 is 0.880 bits per heavy atom. The summed E-state index contributed by atoms with van der Waals surface area (Å²) in [6.45, 7) is 3.94. The molecule has 1 aliphatic rings. The second kappa shape index (κ2) is 8.23. The molecule has 0 unspecified atom stereocenters. The van der Waals surface area contributed by atoms with Gasteiger partial charge in [-0.15, -0.1) is 11.8 Å². The topological polar surface area (TPSA) is 24.9 Å². The second-order valence-corrected chi connectivity index (χ2v) is 7.56. The molecule has 25 heavy (non-hydrogen) atoms. The van der Waals surface area contributed by atoms with E-state index in [9.17, 15) is 0 Å². The number of methoxy groups -OCH3 is 2. The molecule has 1 aliphatic heterocycles. The van der Waals surface area contributed by atoms with E-state index in [1.165, 1.54) is 10.6 Å². The summed E-state index contributed by atoms with van der Waals surface area (Å²) in [5.41, 5.74) is 2.44. The Labute approximate surface area is 162 Å². The van der Waals surface area contributed by atoms with E-state index < -0.39 is 0 Å². The van der Waals surface area contributed by atoms with Gasteiger partial charge in [0.1, 0.15) is 0 Å². The highest BCUT2D eigenvalue weighted by Gasteiger charge is 2.21. The van der Waals surface area contributed by atoms with Gasteiger partial charge in [0, 0.05) is 53.4 Å². The van der Waals surface area contributed by atoms with Crippen molar-refractivity contribution in [3.8, 4) is 11.5 Å². The van der Waals surface area contributed by atoms with Crippen LogP contribution in [-0.4, -0.2) is 46.7 Å². The summed E-state index contributed by atoms with van der Waals surface area (Å²) in [6.07, 6.45) is 2.11. The van der Waals surface area contributed by atoms with Gasteiger partial charge in [0.15, 0.2) is 11.5 Å². The third-order valence-electron chi connectivity index (χ3n) is 4.51. The molecule has 0 N–H and O–H groups in total. The number of rotatable bonds is 5. The van der Waals surface area contributed by atoms with E-state index in [-0.39, 0.29) is 0 Å². The van der Waals surface area contributed by atoms with Crippen LogP contribution in [0.15, 0.2) is 45.8 Å². The van der Waals surface area contributed by atoms with Crippen LogP contribution in [0.2, 0.25) is 0 Å². The number of benzene rings is 2. The van der Waals surface area contributed by atoms with Crippen molar-refractivity contribution >= 4 is 39.1 Å². The van der Waals surface area contributed by atoms with E-state index in [0.717, 1.165) is 47.8 Å². The number of hydrogen-bond acceptors (Lipinski definition) is 5. The molecule has 0 aromatic heterocycles. The highest BCUT2D eigenvalue weighted by molar-refractivity contribution is 9.10. The van der Waals surface area contributed by atoms with E-state index in [1.54, 1.807) is 26.0 Å². The van der Waals surface area contributed by atoms with Crippen LogP contribution in [0.3, 0.4) is 0 Å². The maximum atomic E-state index is 5.45. The van der Waals surface area contributed by atoms with Crippen LogP contribution in [-0.2, 0) is 0 Å². The third kappa shape index (κ3) is 4.01. The van der Waals surface area contributed by atoms with Gasteiger partial charge in [-0.3, -0.25) is 0 Å². The molecule has 0 amide bonds. The molecule has 2 aromatic rings. The molecule has 0 bridgehead atoms. The van der Waals surface area contributed by atoms with Gasteiger partial charge in [-0.25, -0.2) is 0 Å². The quantitative estimate of drug-likeness (QED) is 0.659. The SMILES string of the molecule is COc1cc(Br)c(N2CCN(c3ccc(SC)cc3)CC2)cc1OC. The number of thioether (sulfide) groups is 1. The van der Waals surface area contributed by atoms with Crippen molar-refractivity contribution < 1.29 is 9.47 Å². The number of halogens is 1. The van der Waals surface area contributed by atoms with Crippen LogP contribution in [0, 0.1) is 0 Å². The van der Waals surface area contributed by atoms with E-state index in [1.807, 2.05) is 12.1 Å². The molecule has 1 saturated heterocycles. The van der Waals surface area contributed by atoms with E-state index in [2.05, 4.69) is 56.3 Å². The molecule has 1 fully saturated rings.